The van der Waals surface area contributed by atoms with E-state index >= 15 is 0 Å². The van der Waals surface area contributed by atoms with E-state index in [0.29, 0.717) is 0 Å². The normalized spacial score (nSPS) is 10.3. The second-order valence-electron chi connectivity index (χ2n) is 5.18. The maximum atomic E-state index is 12.1. The SMILES string of the molecule is CC(C)OC(=O)c1cccc(OC(=O)c2cccc([N+](=O)[O-])c2)c1. The molecule has 0 N–H and O–H groups in total. The van der Waals surface area contributed by atoms with Crippen LogP contribution in [0, 0.1) is 10.1 Å². The Bertz CT molecular complexity index is 784. The summed E-state index contributed by atoms with van der Waals surface area (Å²) in [7, 11) is 0. The molecule has 0 saturated carbocycles. The van der Waals surface area contributed by atoms with Crippen molar-refractivity contribution >= 4 is 17.6 Å². The van der Waals surface area contributed by atoms with Crippen LogP contribution in [0.2, 0.25) is 0 Å². The Morgan fingerprint density at radius 2 is 1.62 bits per heavy atom. The number of ether oxygens (including phenoxy) is 2. The molecule has 0 saturated heterocycles. The van der Waals surface area contributed by atoms with Gasteiger partial charge >= 0.3 is 11.9 Å². The molecule has 0 radical (unpaired) electrons. The molecule has 0 fully saturated rings. The van der Waals surface area contributed by atoms with Crippen molar-refractivity contribution in [2.75, 3.05) is 0 Å². The summed E-state index contributed by atoms with van der Waals surface area (Å²) in [4.78, 5) is 34.1. The van der Waals surface area contributed by atoms with Gasteiger partial charge in [0.1, 0.15) is 5.75 Å². The van der Waals surface area contributed by atoms with Crippen molar-refractivity contribution in [1.29, 1.82) is 0 Å². The summed E-state index contributed by atoms with van der Waals surface area (Å²) in [5.41, 5.74) is 0.0751. The van der Waals surface area contributed by atoms with Gasteiger partial charge in [-0.25, -0.2) is 9.59 Å². The van der Waals surface area contributed by atoms with Crippen LogP contribution in [-0.4, -0.2) is 23.0 Å². The number of nitro benzene ring substituents is 1. The molecule has 0 unspecified atom stereocenters. The number of rotatable bonds is 5. The van der Waals surface area contributed by atoms with Crippen molar-refractivity contribution < 1.29 is 24.0 Å². The molecule has 24 heavy (non-hydrogen) atoms. The standard InChI is InChI=1S/C17H15NO6/c1-11(2)23-16(19)13-6-4-8-15(10-13)24-17(20)12-5-3-7-14(9-12)18(21)22/h3-11H,1-2H3. The number of benzene rings is 2. The molecule has 0 aliphatic carbocycles. The molecule has 0 aliphatic rings. The molecule has 0 aliphatic heterocycles. The maximum Gasteiger partial charge on any atom is 0.343 e. The first kappa shape index (κ1) is 17.1. The molecule has 2 aromatic rings. The van der Waals surface area contributed by atoms with Gasteiger partial charge < -0.3 is 9.47 Å². The van der Waals surface area contributed by atoms with E-state index in [0.717, 1.165) is 6.07 Å². The zero-order valence-corrected chi connectivity index (χ0v) is 13.1. The fourth-order valence-corrected chi connectivity index (χ4v) is 1.88. The number of non-ortho nitro benzene ring substituents is 1. The minimum Gasteiger partial charge on any atom is -0.459 e. The van der Waals surface area contributed by atoms with E-state index in [9.17, 15) is 19.7 Å². The van der Waals surface area contributed by atoms with Gasteiger partial charge in [0.25, 0.3) is 5.69 Å². The highest BCUT2D eigenvalue weighted by Crippen LogP contribution is 2.18. The Balaban J connectivity index is 2.16. The average Bonchev–Trinajstić information content (AvgIpc) is 2.54. The van der Waals surface area contributed by atoms with Gasteiger partial charge in [-0.3, -0.25) is 10.1 Å². The molecule has 0 aromatic heterocycles. The van der Waals surface area contributed by atoms with Crippen LogP contribution in [0.5, 0.6) is 5.75 Å². The van der Waals surface area contributed by atoms with E-state index in [4.69, 9.17) is 9.47 Å². The molecular formula is C17H15NO6. The Kier molecular flexibility index (Phi) is 5.26. The number of hydrogen-bond acceptors (Lipinski definition) is 6. The summed E-state index contributed by atoms with van der Waals surface area (Å²) < 4.78 is 10.2. The number of carbonyl (C=O) groups excluding carboxylic acids is 2. The topological polar surface area (TPSA) is 95.7 Å². The summed E-state index contributed by atoms with van der Waals surface area (Å²) in [6.07, 6.45) is -0.270. The van der Waals surface area contributed by atoms with Crippen molar-refractivity contribution in [3.63, 3.8) is 0 Å². The third-order valence-electron chi connectivity index (χ3n) is 2.92. The summed E-state index contributed by atoms with van der Waals surface area (Å²) in [6, 6.07) is 11.2. The van der Waals surface area contributed by atoms with Gasteiger partial charge in [-0.2, -0.15) is 0 Å². The lowest BCUT2D eigenvalue weighted by Crippen LogP contribution is -2.12. The van der Waals surface area contributed by atoms with Crippen molar-refractivity contribution in [1.82, 2.24) is 0 Å². The lowest BCUT2D eigenvalue weighted by atomic mass is 10.2. The third kappa shape index (κ3) is 4.39. The van der Waals surface area contributed by atoms with Crippen LogP contribution in [0.1, 0.15) is 34.6 Å². The zero-order chi connectivity index (χ0) is 17.7. The van der Waals surface area contributed by atoms with Crippen molar-refractivity contribution in [3.05, 3.63) is 69.8 Å². The summed E-state index contributed by atoms with van der Waals surface area (Å²) in [5.74, 6) is -1.14. The van der Waals surface area contributed by atoms with Crippen LogP contribution >= 0.6 is 0 Å². The van der Waals surface area contributed by atoms with Gasteiger partial charge in [0, 0.05) is 12.1 Å². The summed E-state index contributed by atoms with van der Waals surface area (Å²) in [6.45, 7) is 3.45. The lowest BCUT2D eigenvalue weighted by Gasteiger charge is -2.09. The Labute approximate surface area is 138 Å². The van der Waals surface area contributed by atoms with Crippen molar-refractivity contribution in [3.8, 4) is 5.75 Å². The fraction of sp³-hybridized carbons (Fsp3) is 0.176. The molecule has 7 nitrogen and oxygen atoms in total. The average molecular weight is 329 g/mol. The van der Waals surface area contributed by atoms with Crippen LogP contribution < -0.4 is 4.74 Å². The molecule has 2 rings (SSSR count). The van der Waals surface area contributed by atoms with E-state index in [2.05, 4.69) is 0 Å². The molecule has 0 atom stereocenters. The fourth-order valence-electron chi connectivity index (χ4n) is 1.88. The number of nitrogens with zero attached hydrogens (tertiary/aromatic N) is 1. The quantitative estimate of drug-likeness (QED) is 0.361. The van der Waals surface area contributed by atoms with Gasteiger partial charge in [0.05, 0.1) is 22.2 Å². The van der Waals surface area contributed by atoms with Crippen LogP contribution in [0.3, 0.4) is 0 Å². The minimum absolute atomic E-state index is 0.0411. The highest BCUT2D eigenvalue weighted by Gasteiger charge is 2.15. The Morgan fingerprint density at radius 1 is 1.00 bits per heavy atom. The third-order valence-corrected chi connectivity index (χ3v) is 2.92. The highest BCUT2D eigenvalue weighted by molar-refractivity contribution is 5.93. The van der Waals surface area contributed by atoms with E-state index < -0.39 is 16.9 Å². The first-order chi connectivity index (χ1) is 11.4. The largest absolute Gasteiger partial charge is 0.459 e. The zero-order valence-electron chi connectivity index (χ0n) is 13.1. The number of carbonyl (C=O) groups is 2. The van der Waals surface area contributed by atoms with E-state index in [1.54, 1.807) is 19.9 Å². The molecule has 0 amide bonds. The maximum absolute atomic E-state index is 12.1. The van der Waals surface area contributed by atoms with E-state index in [1.165, 1.54) is 36.4 Å². The Morgan fingerprint density at radius 3 is 2.25 bits per heavy atom. The van der Waals surface area contributed by atoms with Crippen LogP contribution in [0.4, 0.5) is 5.69 Å². The summed E-state index contributed by atoms with van der Waals surface area (Å²) in [5, 5.41) is 10.7. The smallest absolute Gasteiger partial charge is 0.343 e. The molecular weight excluding hydrogens is 314 g/mol. The van der Waals surface area contributed by atoms with Gasteiger partial charge in [0.15, 0.2) is 0 Å². The van der Waals surface area contributed by atoms with Gasteiger partial charge in [-0.15, -0.1) is 0 Å². The molecule has 0 bridgehead atoms. The molecule has 0 heterocycles. The van der Waals surface area contributed by atoms with Crippen LogP contribution in [-0.2, 0) is 4.74 Å². The predicted molar refractivity (Wildman–Crippen MR) is 85.0 cm³/mol. The minimum atomic E-state index is -0.756. The Hall–Kier alpha value is -3.22. The van der Waals surface area contributed by atoms with Crippen LogP contribution in [0.25, 0.3) is 0 Å². The van der Waals surface area contributed by atoms with Crippen molar-refractivity contribution in [2.45, 2.75) is 20.0 Å². The molecule has 7 heteroatoms. The van der Waals surface area contributed by atoms with Gasteiger partial charge in [-0.1, -0.05) is 12.1 Å². The lowest BCUT2D eigenvalue weighted by molar-refractivity contribution is -0.384. The van der Waals surface area contributed by atoms with Crippen LogP contribution in [0.15, 0.2) is 48.5 Å². The molecule has 124 valence electrons. The predicted octanol–water partition coefficient (Wildman–Crippen LogP) is 3.38. The number of nitro groups is 1. The summed E-state index contributed by atoms with van der Waals surface area (Å²) >= 11 is 0. The first-order valence-corrected chi connectivity index (χ1v) is 7.14. The second-order valence-corrected chi connectivity index (χ2v) is 5.18. The second kappa shape index (κ2) is 7.36. The monoisotopic (exact) mass is 329 g/mol. The molecule has 0 spiro atoms. The molecule has 2 aromatic carbocycles. The highest BCUT2D eigenvalue weighted by atomic mass is 16.6. The number of hydrogen-bond donors (Lipinski definition) is 0. The van der Waals surface area contributed by atoms with E-state index in [1.807, 2.05) is 0 Å². The number of esters is 2. The van der Waals surface area contributed by atoms with Gasteiger partial charge in [0.2, 0.25) is 0 Å². The first-order valence-electron chi connectivity index (χ1n) is 7.14. The van der Waals surface area contributed by atoms with Gasteiger partial charge in [-0.05, 0) is 38.1 Å². The van der Waals surface area contributed by atoms with Crippen molar-refractivity contribution in [2.24, 2.45) is 0 Å². The van der Waals surface area contributed by atoms with E-state index in [-0.39, 0.29) is 28.7 Å².